The molecule has 34 heavy (non-hydrogen) atoms. The molecule has 0 aliphatic carbocycles. The number of aliphatic carboxylic acids is 1. The Bertz CT molecular complexity index is 883. The molecule has 0 aliphatic heterocycles. The van der Waals surface area contributed by atoms with E-state index < -0.39 is 12.1 Å². The molecule has 0 saturated heterocycles. The summed E-state index contributed by atoms with van der Waals surface area (Å²) in [6.45, 7) is 7.58. The molecule has 0 bridgehead atoms. The second-order valence-electron chi connectivity index (χ2n) is 8.21. The Labute approximate surface area is 202 Å². The van der Waals surface area contributed by atoms with Crippen molar-refractivity contribution in [1.29, 1.82) is 0 Å². The first-order valence-electron chi connectivity index (χ1n) is 12.0. The molecule has 2 aromatic rings. The quantitative estimate of drug-likeness (QED) is 0.346. The van der Waals surface area contributed by atoms with Gasteiger partial charge in [-0.3, -0.25) is 0 Å². The van der Waals surface area contributed by atoms with Crippen LogP contribution in [0.3, 0.4) is 0 Å². The number of carbonyl (C=O) groups excluding carboxylic acids is 1. The van der Waals surface area contributed by atoms with Crippen molar-refractivity contribution in [1.82, 2.24) is 4.90 Å². The van der Waals surface area contributed by atoms with Crippen LogP contribution in [-0.4, -0.2) is 54.5 Å². The highest BCUT2D eigenvalue weighted by atomic mass is 16.6. The molecule has 7 nitrogen and oxygen atoms in total. The monoisotopic (exact) mass is 471 g/mol. The van der Waals surface area contributed by atoms with Crippen LogP contribution in [0, 0.1) is 6.92 Å². The summed E-state index contributed by atoms with van der Waals surface area (Å²) in [5, 5.41) is 9.24. The number of ether oxygens (including phenoxy) is 3. The number of unbranched alkanes of at least 4 members (excludes halogenated alkanes) is 3. The minimum atomic E-state index is -0.973. The lowest BCUT2D eigenvalue weighted by Crippen LogP contribution is -2.37. The number of rotatable bonds is 15. The molecule has 0 spiro atoms. The Morgan fingerprint density at radius 2 is 1.74 bits per heavy atom. The Balaban J connectivity index is 1.90. The zero-order valence-corrected chi connectivity index (χ0v) is 20.5. The fourth-order valence-corrected chi connectivity index (χ4v) is 3.50. The van der Waals surface area contributed by atoms with Crippen molar-refractivity contribution in [2.24, 2.45) is 0 Å². The molecule has 7 heteroatoms. The zero-order valence-electron chi connectivity index (χ0n) is 20.5. The Kier molecular flexibility index (Phi) is 12.0. The average Bonchev–Trinajstić information content (AvgIpc) is 2.81. The standard InChI is InChI=1S/C27H37NO6/c1-4-6-7-8-16-28(27(31)34-24-11-9-10-21(3)19-24)17-18-33-23-14-12-22(13-15-23)20-25(26(29)30)32-5-2/h9-15,19,25H,4-8,16-18,20H2,1-3H3,(H,29,30). The van der Waals surface area contributed by atoms with E-state index in [9.17, 15) is 14.7 Å². The number of carboxylic acid groups (broad SMARTS) is 1. The van der Waals surface area contributed by atoms with Gasteiger partial charge in [-0.2, -0.15) is 0 Å². The van der Waals surface area contributed by atoms with Gasteiger partial charge in [0.25, 0.3) is 0 Å². The smallest absolute Gasteiger partial charge is 0.415 e. The largest absolute Gasteiger partial charge is 0.492 e. The number of aryl methyl sites for hydroxylation is 1. The first-order chi connectivity index (χ1) is 16.4. The van der Waals surface area contributed by atoms with Crippen LogP contribution in [-0.2, 0) is 16.0 Å². The fourth-order valence-electron chi connectivity index (χ4n) is 3.50. The van der Waals surface area contributed by atoms with Crippen LogP contribution in [0.5, 0.6) is 11.5 Å². The van der Waals surface area contributed by atoms with Crippen LogP contribution in [0.15, 0.2) is 48.5 Å². The van der Waals surface area contributed by atoms with E-state index in [0.717, 1.165) is 36.8 Å². The van der Waals surface area contributed by atoms with Gasteiger partial charge in [-0.05, 0) is 55.7 Å². The topological polar surface area (TPSA) is 85.3 Å². The van der Waals surface area contributed by atoms with Crippen molar-refractivity contribution in [2.75, 3.05) is 26.3 Å². The predicted octanol–water partition coefficient (Wildman–Crippen LogP) is 5.49. The summed E-state index contributed by atoms with van der Waals surface area (Å²) in [5.74, 6) is 0.218. The lowest BCUT2D eigenvalue weighted by Gasteiger charge is -2.22. The van der Waals surface area contributed by atoms with Crippen molar-refractivity contribution in [3.05, 3.63) is 59.7 Å². The zero-order chi connectivity index (χ0) is 24.8. The summed E-state index contributed by atoms with van der Waals surface area (Å²) in [4.78, 5) is 25.7. The fraction of sp³-hybridized carbons (Fsp3) is 0.481. The molecule has 0 saturated carbocycles. The van der Waals surface area contributed by atoms with Crippen molar-refractivity contribution in [2.45, 2.75) is 59.0 Å². The lowest BCUT2D eigenvalue weighted by molar-refractivity contribution is -0.149. The molecule has 186 valence electrons. The van der Waals surface area contributed by atoms with E-state index in [4.69, 9.17) is 14.2 Å². The van der Waals surface area contributed by atoms with E-state index in [0.29, 0.717) is 44.2 Å². The number of hydrogen-bond donors (Lipinski definition) is 1. The molecular formula is C27H37NO6. The van der Waals surface area contributed by atoms with Crippen LogP contribution >= 0.6 is 0 Å². The lowest BCUT2D eigenvalue weighted by atomic mass is 10.1. The second kappa shape index (κ2) is 15.0. The number of carbonyl (C=O) groups is 2. The molecule has 1 unspecified atom stereocenters. The maximum Gasteiger partial charge on any atom is 0.415 e. The van der Waals surface area contributed by atoms with Crippen molar-refractivity contribution in [3.63, 3.8) is 0 Å². The highest BCUT2D eigenvalue weighted by Gasteiger charge is 2.18. The van der Waals surface area contributed by atoms with Crippen LogP contribution in [0.25, 0.3) is 0 Å². The van der Waals surface area contributed by atoms with Crippen molar-refractivity contribution in [3.8, 4) is 11.5 Å². The van der Waals surface area contributed by atoms with E-state index in [1.54, 1.807) is 30.0 Å². The molecule has 1 amide bonds. The summed E-state index contributed by atoms with van der Waals surface area (Å²) < 4.78 is 16.7. The second-order valence-corrected chi connectivity index (χ2v) is 8.21. The number of hydrogen-bond acceptors (Lipinski definition) is 5. The number of amides is 1. The highest BCUT2D eigenvalue weighted by molar-refractivity contribution is 5.72. The Morgan fingerprint density at radius 3 is 2.38 bits per heavy atom. The van der Waals surface area contributed by atoms with Gasteiger partial charge in [-0.25, -0.2) is 9.59 Å². The maximum absolute atomic E-state index is 12.8. The van der Waals surface area contributed by atoms with Gasteiger partial charge in [-0.15, -0.1) is 0 Å². The molecule has 1 atom stereocenters. The van der Waals surface area contributed by atoms with Gasteiger partial charge in [0.15, 0.2) is 6.10 Å². The molecule has 2 aromatic carbocycles. The van der Waals surface area contributed by atoms with E-state index in [-0.39, 0.29) is 6.09 Å². The predicted molar refractivity (Wildman–Crippen MR) is 132 cm³/mol. The van der Waals surface area contributed by atoms with Crippen LogP contribution in [0.4, 0.5) is 4.79 Å². The van der Waals surface area contributed by atoms with Gasteiger partial charge >= 0.3 is 12.1 Å². The van der Waals surface area contributed by atoms with Crippen molar-refractivity contribution < 1.29 is 28.9 Å². The SMILES string of the molecule is CCCCCCN(CCOc1ccc(CC(OCC)C(=O)O)cc1)C(=O)Oc1cccc(C)c1. The van der Waals surface area contributed by atoms with Gasteiger partial charge in [0, 0.05) is 19.6 Å². The summed E-state index contributed by atoms with van der Waals surface area (Å²) in [7, 11) is 0. The number of nitrogens with zero attached hydrogens (tertiary/aromatic N) is 1. The minimum Gasteiger partial charge on any atom is -0.492 e. The summed E-state index contributed by atoms with van der Waals surface area (Å²) >= 11 is 0. The third-order valence-electron chi connectivity index (χ3n) is 5.35. The molecule has 1 N–H and O–H groups in total. The summed E-state index contributed by atoms with van der Waals surface area (Å²) in [6.07, 6.45) is 3.29. The van der Waals surface area contributed by atoms with Gasteiger partial charge in [0.1, 0.15) is 18.1 Å². The molecule has 2 rings (SSSR count). The average molecular weight is 472 g/mol. The Hall–Kier alpha value is -3.06. The van der Waals surface area contributed by atoms with Gasteiger partial charge in [0.2, 0.25) is 0 Å². The maximum atomic E-state index is 12.8. The van der Waals surface area contributed by atoms with E-state index in [1.165, 1.54) is 0 Å². The molecular weight excluding hydrogens is 434 g/mol. The number of benzene rings is 2. The Morgan fingerprint density at radius 1 is 0.971 bits per heavy atom. The van der Waals surface area contributed by atoms with Crippen LogP contribution in [0.2, 0.25) is 0 Å². The third kappa shape index (κ3) is 9.83. The van der Waals surface area contributed by atoms with E-state index >= 15 is 0 Å². The van der Waals surface area contributed by atoms with Crippen LogP contribution in [0.1, 0.15) is 50.7 Å². The summed E-state index contributed by atoms with van der Waals surface area (Å²) in [6, 6.07) is 14.7. The molecule has 0 aliphatic rings. The molecule has 0 aromatic heterocycles. The molecule has 0 fully saturated rings. The number of carboxylic acids is 1. The third-order valence-corrected chi connectivity index (χ3v) is 5.35. The first kappa shape index (κ1) is 27.2. The van der Waals surface area contributed by atoms with Crippen molar-refractivity contribution >= 4 is 12.1 Å². The first-order valence-corrected chi connectivity index (χ1v) is 12.0. The molecule has 0 heterocycles. The van der Waals surface area contributed by atoms with Crippen LogP contribution < -0.4 is 9.47 Å². The normalized spacial score (nSPS) is 11.6. The van der Waals surface area contributed by atoms with Gasteiger partial charge in [-0.1, -0.05) is 50.5 Å². The highest BCUT2D eigenvalue weighted by Crippen LogP contribution is 2.16. The van der Waals surface area contributed by atoms with E-state index in [2.05, 4.69) is 6.92 Å². The van der Waals surface area contributed by atoms with Gasteiger partial charge in [0.05, 0.1) is 6.54 Å². The van der Waals surface area contributed by atoms with Gasteiger partial charge < -0.3 is 24.2 Å². The minimum absolute atomic E-state index is 0.291. The molecule has 0 radical (unpaired) electrons. The van der Waals surface area contributed by atoms with E-state index in [1.807, 2.05) is 37.3 Å². The summed E-state index contributed by atoms with van der Waals surface area (Å²) in [5.41, 5.74) is 1.88.